The summed E-state index contributed by atoms with van der Waals surface area (Å²) in [6.07, 6.45) is 1.49. The van der Waals surface area contributed by atoms with Crippen molar-refractivity contribution in [2.45, 2.75) is 0 Å². The Labute approximate surface area is 90.0 Å². The van der Waals surface area contributed by atoms with Gasteiger partial charge < -0.3 is 10.8 Å². The molecule has 0 aliphatic rings. The van der Waals surface area contributed by atoms with Crippen molar-refractivity contribution in [2.24, 2.45) is 0 Å². The highest BCUT2D eigenvalue weighted by Crippen LogP contribution is 2.26. The molecule has 0 aromatic carbocycles. The van der Waals surface area contributed by atoms with Crippen molar-refractivity contribution < 1.29 is 9.90 Å². The Morgan fingerprint density at radius 1 is 1.53 bits per heavy atom. The number of aromatic nitrogens is 1. The maximum atomic E-state index is 11.0. The molecule has 2 heterocycles. The fraction of sp³-hybridized carbons (Fsp3) is 0. The first kappa shape index (κ1) is 9.67. The predicted molar refractivity (Wildman–Crippen MR) is 58.9 cm³/mol. The lowest BCUT2D eigenvalue weighted by atomic mass is 10.1. The van der Waals surface area contributed by atoms with Gasteiger partial charge in [-0.2, -0.15) is 11.3 Å². The van der Waals surface area contributed by atoms with Crippen molar-refractivity contribution in [3.05, 3.63) is 34.7 Å². The summed E-state index contributed by atoms with van der Waals surface area (Å²) in [5, 5.41) is 12.8. The lowest BCUT2D eigenvalue weighted by Gasteiger charge is -2.03. The minimum atomic E-state index is -0.995. The third-order valence-electron chi connectivity index (χ3n) is 1.99. The Morgan fingerprint density at radius 2 is 2.33 bits per heavy atom. The van der Waals surface area contributed by atoms with Gasteiger partial charge in [-0.1, -0.05) is 0 Å². The molecule has 0 amide bonds. The minimum absolute atomic E-state index is 0.181. The Kier molecular flexibility index (Phi) is 2.39. The normalized spacial score (nSPS) is 10.1. The number of hydrogen-bond acceptors (Lipinski definition) is 4. The average Bonchev–Trinajstić information content (AvgIpc) is 2.70. The van der Waals surface area contributed by atoms with E-state index in [1.807, 2.05) is 16.8 Å². The van der Waals surface area contributed by atoms with Crippen molar-refractivity contribution in [2.75, 3.05) is 5.73 Å². The molecule has 2 aromatic rings. The van der Waals surface area contributed by atoms with Crippen LogP contribution >= 0.6 is 11.3 Å². The number of thiophene rings is 1. The maximum Gasteiger partial charge on any atom is 0.336 e. The molecule has 4 nitrogen and oxygen atoms in total. The molecule has 0 bridgehead atoms. The molecule has 0 atom stereocenters. The van der Waals surface area contributed by atoms with Crippen LogP contribution in [0.15, 0.2) is 29.1 Å². The summed E-state index contributed by atoms with van der Waals surface area (Å²) in [5.74, 6) is -0.781. The fourth-order valence-corrected chi connectivity index (χ4v) is 1.95. The van der Waals surface area contributed by atoms with Gasteiger partial charge in [-0.3, -0.25) is 0 Å². The van der Waals surface area contributed by atoms with Gasteiger partial charge in [-0.25, -0.2) is 9.78 Å². The number of anilines is 1. The number of nitrogen functional groups attached to an aromatic ring is 1. The zero-order valence-corrected chi connectivity index (χ0v) is 8.49. The molecule has 0 saturated carbocycles. The molecule has 0 aliphatic carbocycles. The van der Waals surface area contributed by atoms with E-state index in [1.165, 1.54) is 23.6 Å². The van der Waals surface area contributed by atoms with Crippen molar-refractivity contribution >= 4 is 23.1 Å². The number of carbonyl (C=O) groups is 1. The number of carboxylic acids is 1. The number of pyridine rings is 1. The van der Waals surface area contributed by atoms with Crippen LogP contribution in [0.25, 0.3) is 11.1 Å². The third kappa shape index (κ3) is 1.82. The molecule has 76 valence electrons. The lowest BCUT2D eigenvalue weighted by Crippen LogP contribution is -2.02. The molecule has 0 aliphatic heterocycles. The van der Waals surface area contributed by atoms with Crippen LogP contribution in [0.3, 0.4) is 0 Å². The minimum Gasteiger partial charge on any atom is -0.478 e. The topological polar surface area (TPSA) is 76.2 Å². The molecule has 2 aromatic heterocycles. The standard InChI is InChI=1S/C10H8N2O2S/c11-9-3-7(10(13)14)8(4-12-9)6-1-2-15-5-6/h1-5H,(H2,11,12)(H,13,14). The summed E-state index contributed by atoms with van der Waals surface area (Å²) >= 11 is 1.51. The first-order chi connectivity index (χ1) is 7.18. The highest BCUT2D eigenvalue weighted by atomic mass is 32.1. The molecule has 5 heteroatoms. The Bertz CT molecular complexity index is 494. The summed E-state index contributed by atoms with van der Waals surface area (Å²) in [6.45, 7) is 0. The van der Waals surface area contributed by atoms with E-state index >= 15 is 0 Å². The molecular formula is C10H8N2O2S. The van der Waals surface area contributed by atoms with Crippen LogP contribution in [-0.2, 0) is 0 Å². The van der Waals surface area contributed by atoms with Crippen LogP contribution in [0.1, 0.15) is 10.4 Å². The Morgan fingerprint density at radius 3 is 2.93 bits per heavy atom. The van der Waals surface area contributed by atoms with Gasteiger partial charge in [0.05, 0.1) is 5.56 Å². The molecule has 3 N–H and O–H groups in total. The van der Waals surface area contributed by atoms with E-state index < -0.39 is 5.97 Å². The largest absolute Gasteiger partial charge is 0.478 e. The van der Waals surface area contributed by atoms with Gasteiger partial charge in [0.2, 0.25) is 0 Å². The van der Waals surface area contributed by atoms with Crippen LogP contribution in [-0.4, -0.2) is 16.1 Å². The van der Waals surface area contributed by atoms with Crippen molar-refractivity contribution in [1.82, 2.24) is 4.98 Å². The number of nitrogens with zero attached hydrogens (tertiary/aromatic N) is 1. The summed E-state index contributed by atoms with van der Waals surface area (Å²) in [5.41, 5.74) is 7.08. The van der Waals surface area contributed by atoms with Crippen molar-refractivity contribution in [3.63, 3.8) is 0 Å². The average molecular weight is 220 g/mol. The first-order valence-corrected chi connectivity index (χ1v) is 5.14. The predicted octanol–water partition coefficient (Wildman–Crippen LogP) is 2.09. The fourth-order valence-electron chi connectivity index (χ4n) is 1.30. The molecule has 0 radical (unpaired) electrons. The van der Waals surface area contributed by atoms with E-state index in [4.69, 9.17) is 10.8 Å². The second-order valence-corrected chi connectivity index (χ2v) is 3.75. The first-order valence-electron chi connectivity index (χ1n) is 4.20. The van der Waals surface area contributed by atoms with Crippen LogP contribution < -0.4 is 5.73 Å². The second kappa shape index (κ2) is 3.70. The van der Waals surface area contributed by atoms with E-state index in [0.29, 0.717) is 5.56 Å². The van der Waals surface area contributed by atoms with Crippen LogP contribution in [0.2, 0.25) is 0 Å². The summed E-state index contributed by atoms with van der Waals surface area (Å²) < 4.78 is 0. The van der Waals surface area contributed by atoms with Gasteiger partial charge in [0.1, 0.15) is 5.82 Å². The summed E-state index contributed by atoms with van der Waals surface area (Å²) in [6, 6.07) is 3.22. The monoisotopic (exact) mass is 220 g/mol. The molecule has 0 unspecified atom stereocenters. The maximum absolute atomic E-state index is 11.0. The second-order valence-electron chi connectivity index (χ2n) is 2.97. The number of rotatable bonds is 2. The molecule has 0 spiro atoms. The Balaban J connectivity index is 2.61. The van der Waals surface area contributed by atoms with Gasteiger partial charge in [-0.15, -0.1) is 0 Å². The zero-order valence-electron chi connectivity index (χ0n) is 7.68. The molecule has 0 saturated heterocycles. The lowest BCUT2D eigenvalue weighted by molar-refractivity contribution is 0.0697. The molecule has 15 heavy (non-hydrogen) atoms. The van der Waals surface area contributed by atoms with E-state index in [9.17, 15) is 4.79 Å². The highest BCUT2D eigenvalue weighted by Gasteiger charge is 2.12. The zero-order chi connectivity index (χ0) is 10.8. The van der Waals surface area contributed by atoms with Crippen LogP contribution in [0, 0.1) is 0 Å². The summed E-state index contributed by atoms with van der Waals surface area (Å²) in [4.78, 5) is 14.9. The summed E-state index contributed by atoms with van der Waals surface area (Å²) in [7, 11) is 0. The van der Waals surface area contributed by atoms with E-state index in [1.54, 1.807) is 0 Å². The van der Waals surface area contributed by atoms with E-state index in [2.05, 4.69) is 4.98 Å². The number of hydrogen-bond donors (Lipinski definition) is 2. The van der Waals surface area contributed by atoms with Gasteiger partial charge >= 0.3 is 5.97 Å². The van der Waals surface area contributed by atoms with Crippen molar-refractivity contribution in [3.8, 4) is 11.1 Å². The van der Waals surface area contributed by atoms with Gasteiger partial charge in [0.25, 0.3) is 0 Å². The molecule has 2 rings (SSSR count). The third-order valence-corrected chi connectivity index (χ3v) is 2.67. The van der Waals surface area contributed by atoms with Gasteiger partial charge in [0, 0.05) is 11.8 Å². The van der Waals surface area contributed by atoms with E-state index in [-0.39, 0.29) is 11.4 Å². The number of carboxylic acid groups (broad SMARTS) is 1. The molecule has 0 fully saturated rings. The quantitative estimate of drug-likeness (QED) is 0.812. The van der Waals surface area contributed by atoms with E-state index in [0.717, 1.165) is 5.56 Å². The SMILES string of the molecule is Nc1cc(C(=O)O)c(-c2ccsc2)cn1. The highest BCUT2D eigenvalue weighted by molar-refractivity contribution is 7.08. The molecular weight excluding hydrogens is 212 g/mol. The van der Waals surface area contributed by atoms with Crippen molar-refractivity contribution in [1.29, 1.82) is 0 Å². The van der Waals surface area contributed by atoms with Gasteiger partial charge in [0.15, 0.2) is 0 Å². The Hall–Kier alpha value is -1.88. The number of nitrogens with two attached hydrogens (primary N) is 1. The smallest absolute Gasteiger partial charge is 0.336 e. The van der Waals surface area contributed by atoms with Crippen LogP contribution in [0.4, 0.5) is 5.82 Å². The number of aromatic carboxylic acids is 1. The van der Waals surface area contributed by atoms with Gasteiger partial charge in [-0.05, 0) is 28.5 Å². The van der Waals surface area contributed by atoms with Crippen LogP contribution in [0.5, 0.6) is 0 Å².